The number of ether oxygens (including phenoxy) is 2. The van der Waals surface area contributed by atoms with Gasteiger partial charge in [0.15, 0.2) is 0 Å². The van der Waals surface area contributed by atoms with E-state index in [4.69, 9.17) is 42.6 Å². The third-order valence-corrected chi connectivity index (χ3v) is 11.1. The molecule has 1 amide bonds. The summed E-state index contributed by atoms with van der Waals surface area (Å²) in [4.78, 5) is 30.3. The number of amides is 1. The number of halogens is 2. The molecule has 0 spiro atoms. The molecule has 264 valence electrons. The van der Waals surface area contributed by atoms with Crippen LogP contribution in [0.5, 0.6) is 11.8 Å². The Morgan fingerprint density at radius 1 is 0.900 bits per heavy atom. The van der Waals surface area contributed by atoms with E-state index in [1.54, 1.807) is 19.5 Å². The highest BCUT2D eigenvalue weighted by molar-refractivity contribution is 7.88. The molecular weight excluding hydrogens is 701 g/mol. The Hall–Kier alpha value is -3.88. The second-order valence-electron chi connectivity index (χ2n) is 12.5. The average molecular weight is 741 g/mol. The summed E-state index contributed by atoms with van der Waals surface area (Å²) >= 11 is 14.1. The Kier molecular flexibility index (Phi) is 11.2. The Morgan fingerprint density at radius 2 is 1.46 bits per heavy atom. The molecule has 15 heteroatoms. The van der Waals surface area contributed by atoms with Crippen LogP contribution in [0, 0.1) is 5.92 Å². The predicted molar refractivity (Wildman–Crippen MR) is 193 cm³/mol. The number of sulfonamides is 1. The number of carbonyl (C=O) groups excluding carboxylic acids is 1. The van der Waals surface area contributed by atoms with Crippen LogP contribution in [0.3, 0.4) is 0 Å². The third-order valence-electron chi connectivity index (χ3n) is 9.02. The van der Waals surface area contributed by atoms with E-state index in [1.165, 1.54) is 17.7 Å². The molecule has 4 aromatic rings. The lowest BCUT2D eigenvalue weighted by atomic mass is 9.98. The van der Waals surface area contributed by atoms with Crippen LogP contribution in [0.15, 0.2) is 48.8 Å². The second-order valence-corrected chi connectivity index (χ2v) is 15.3. The topological polar surface area (TPSA) is 149 Å². The first kappa shape index (κ1) is 35.9. The van der Waals surface area contributed by atoms with Crippen molar-refractivity contribution in [1.29, 1.82) is 0 Å². The van der Waals surface area contributed by atoms with E-state index in [0.29, 0.717) is 100 Å². The third kappa shape index (κ3) is 8.02. The van der Waals surface area contributed by atoms with Gasteiger partial charge in [0.05, 0.1) is 54.3 Å². The van der Waals surface area contributed by atoms with E-state index < -0.39 is 10.0 Å². The summed E-state index contributed by atoms with van der Waals surface area (Å²) in [7, 11) is -0.0301. The van der Waals surface area contributed by atoms with Gasteiger partial charge in [-0.2, -0.15) is 0 Å². The minimum absolute atomic E-state index is 0.115. The van der Waals surface area contributed by atoms with Crippen molar-refractivity contribution in [1.82, 2.24) is 34.9 Å². The fourth-order valence-electron chi connectivity index (χ4n) is 6.28. The predicted octanol–water partition coefficient (Wildman–Crippen LogP) is 5.17. The summed E-state index contributed by atoms with van der Waals surface area (Å²) < 4.78 is 35.9. The van der Waals surface area contributed by atoms with Gasteiger partial charge in [-0.25, -0.2) is 22.7 Å². The van der Waals surface area contributed by atoms with Crippen molar-refractivity contribution >= 4 is 39.1 Å². The van der Waals surface area contributed by atoms with Crippen LogP contribution in [0.2, 0.25) is 10.0 Å². The number of nitrogens with one attached hydrogen (secondary N) is 2. The number of nitrogens with zero attached hydrogens (tertiary/aromatic N) is 5. The molecule has 0 saturated carbocycles. The average Bonchev–Trinajstić information content (AvgIpc) is 3.50. The summed E-state index contributed by atoms with van der Waals surface area (Å²) in [6.07, 6.45) is 8.45. The highest BCUT2D eigenvalue weighted by Gasteiger charge is 2.32. The fourth-order valence-corrected chi connectivity index (χ4v) is 7.89. The van der Waals surface area contributed by atoms with Crippen molar-refractivity contribution in [2.24, 2.45) is 5.92 Å². The van der Waals surface area contributed by atoms with Crippen molar-refractivity contribution < 1.29 is 22.7 Å². The molecular formula is C35H39Cl2N7O5S. The van der Waals surface area contributed by atoms with Gasteiger partial charge in [0.2, 0.25) is 27.7 Å². The van der Waals surface area contributed by atoms with E-state index in [2.05, 4.69) is 20.6 Å². The smallest absolute Gasteiger partial charge is 0.237 e. The molecule has 0 bridgehead atoms. The Morgan fingerprint density at radius 3 is 2.00 bits per heavy atom. The Bertz CT molecular complexity index is 1990. The molecule has 0 radical (unpaired) electrons. The molecule has 0 unspecified atom stereocenters. The van der Waals surface area contributed by atoms with Crippen LogP contribution in [0.4, 0.5) is 0 Å². The van der Waals surface area contributed by atoms with E-state index in [0.717, 1.165) is 25.0 Å². The van der Waals surface area contributed by atoms with Crippen LogP contribution >= 0.6 is 23.2 Å². The molecule has 4 heterocycles. The zero-order chi connectivity index (χ0) is 35.4. The number of hydrogen-bond acceptors (Lipinski definition) is 10. The number of aromatic nitrogens is 4. The normalized spacial score (nSPS) is 16.7. The quantitative estimate of drug-likeness (QED) is 0.177. The molecule has 2 aliphatic heterocycles. The first-order valence-corrected chi connectivity index (χ1v) is 19.0. The van der Waals surface area contributed by atoms with Gasteiger partial charge < -0.3 is 20.1 Å². The summed E-state index contributed by atoms with van der Waals surface area (Å²) in [5, 5.41) is 7.25. The van der Waals surface area contributed by atoms with Crippen molar-refractivity contribution in [3.63, 3.8) is 0 Å². The number of hydrogen-bond donors (Lipinski definition) is 2. The van der Waals surface area contributed by atoms with Gasteiger partial charge in [-0.05, 0) is 31.6 Å². The highest BCUT2D eigenvalue weighted by atomic mass is 35.5. The van der Waals surface area contributed by atoms with Gasteiger partial charge in [0, 0.05) is 60.9 Å². The van der Waals surface area contributed by atoms with E-state index in [9.17, 15) is 13.2 Å². The van der Waals surface area contributed by atoms with Crippen LogP contribution in [-0.4, -0.2) is 84.7 Å². The summed E-state index contributed by atoms with van der Waals surface area (Å²) in [5.41, 5.74) is 5.25. The lowest BCUT2D eigenvalue weighted by Crippen LogP contribution is -2.52. The maximum atomic E-state index is 11.6. The molecule has 12 nitrogen and oxygen atoms in total. The van der Waals surface area contributed by atoms with Crippen molar-refractivity contribution in [2.45, 2.75) is 44.7 Å². The molecule has 2 fully saturated rings. The van der Waals surface area contributed by atoms with Gasteiger partial charge in [0.1, 0.15) is 11.4 Å². The fraction of sp³-hybridized carbons (Fsp3) is 0.400. The number of aryl methyl sites for hydroxylation is 1. The van der Waals surface area contributed by atoms with Crippen LogP contribution in [0.1, 0.15) is 37.1 Å². The number of rotatable bonds is 14. The Labute approximate surface area is 302 Å². The maximum Gasteiger partial charge on any atom is 0.237 e. The highest BCUT2D eigenvalue weighted by Crippen LogP contribution is 2.42. The van der Waals surface area contributed by atoms with Gasteiger partial charge in [-0.15, -0.1) is 0 Å². The van der Waals surface area contributed by atoms with Gasteiger partial charge >= 0.3 is 0 Å². The molecule has 2 aliphatic rings. The number of benzene rings is 2. The summed E-state index contributed by atoms with van der Waals surface area (Å²) in [5.74, 6) is 1.16. The van der Waals surface area contributed by atoms with Gasteiger partial charge in [0.25, 0.3) is 0 Å². The van der Waals surface area contributed by atoms with E-state index in [-0.39, 0.29) is 17.9 Å². The lowest BCUT2D eigenvalue weighted by Gasteiger charge is -2.37. The van der Waals surface area contributed by atoms with Gasteiger partial charge in [-0.3, -0.25) is 14.8 Å². The van der Waals surface area contributed by atoms with Crippen LogP contribution in [0.25, 0.3) is 33.6 Å². The first-order valence-electron chi connectivity index (χ1n) is 16.4. The van der Waals surface area contributed by atoms with Crippen molar-refractivity contribution in [3.8, 4) is 45.4 Å². The second kappa shape index (κ2) is 15.6. The zero-order valence-electron chi connectivity index (χ0n) is 28.1. The number of carbonyl (C=O) groups is 1. The molecule has 2 aromatic carbocycles. The largest absolute Gasteiger partial charge is 0.480 e. The molecule has 6 rings (SSSR count). The number of methoxy groups -OCH3 is 2. The molecule has 2 aromatic heterocycles. The zero-order valence-corrected chi connectivity index (χ0v) is 30.4. The summed E-state index contributed by atoms with van der Waals surface area (Å²) in [6, 6.07) is 11.5. The van der Waals surface area contributed by atoms with E-state index in [1.807, 2.05) is 36.4 Å². The lowest BCUT2D eigenvalue weighted by molar-refractivity contribution is -0.119. The minimum Gasteiger partial charge on any atom is -0.480 e. The minimum atomic E-state index is -3.14. The molecule has 1 atom stereocenters. The molecule has 50 heavy (non-hydrogen) atoms. The SMILES string of the molecule is COc1nc(-c2cccc(-c3cccc(-c4cnc(CNCC5CN(S(C)(=O)=O)C5)c(OC)n4)c3Cl)c2Cl)cnc1CCC[C@@H]1CCC(=O)N1. The van der Waals surface area contributed by atoms with Crippen LogP contribution in [-0.2, 0) is 27.8 Å². The molecule has 2 saturated heterocycles. The van der Waals surface area contributed by atoms with Crippen LogP contribution < -0.4 is 20.1 Å². The van der Waals surface area contributed by atoms with E-state index >= 15 is 0 Å². The standard InChI is InChI=1S/C35H39Cl2N7O5S/c1-48-34-27(12-4-7-22-13-14-31(45)41-22)39-17-28(42-34)25-10-5-8-23(32(25)36)24-9-6-11-26(33(24)37)29-18-40-30(35(43-29)49-2)16-38-15-21-19-44(20-21)50(3,46)47/h5-6,8-11,17-18,21-22,38H,4,7,12-16,19-20H2,1-3H3,(H,41,45)/t22-/m1/s1. The summed E-state index contributed by atoms with van der Waals surface area (Å²) in [6.45, 7) is 2.08. The first-order chi connectivity index (χ1) is 24.0. The Balaban J connectivity index is 1.17. The molecule has 0 aliphatic carbocycles. The maximum absolute atomic E-state index is 11.6. The molecule has 2 N–H and O–H groups in total. The monoisotopic (exact) mass is 739 g/mol. The van der Waals surface area contributed by atoms with Crippen molar-refractivity contribution in [2.75, 3.05) is 40.1 Å². The van der Waals surface area contributed by atoms with Crippen molar-refractivity contribution in [3.05, 3.63) is 70.2 Å². The van der Waals surface area contributed by atoms with Gasteiger partial charge in [-0.1, -0.05) is 59.6 Å².